The fourth-order valence-electron chi connectivity index (χ4n) is 2.26. The zero-order valence-electron chi connectivity index (χ0n) is 11.2. The van der Waals surface area contributed by atoms with E-state index in [0.29, 0.717) is 18.2 Å². The predicted octanol–water partition coefficient (Wildman–Crippen LogP) is 2.21. The van der Waals surface area contributed by atoms with E-state index in [2.05, 4.69) is 5.32 Å². The molecule has 0 bridgehead atoms. The van der Waals surface area contributed by atoms with Crippen LogP contribution in [0.5, 0.6) is 0 Å². The highest BCUT2D eigenvalue weighted by atomic mass is 19.1. The predicted molar refractivity (Wildman–Crippen MR) is 71.0 cm³/mol. The van der Waals surface area contributed by atoms with Gasteiger partial charge in [-0.25, -0.2) is 8.78 Å². The maximum Gasteiger partial charge on any atom is 0.237 e. The second kappa shape index (κ2) is 5.48. The molecule has 20 heavy (non-hydrogen) atoms. The van der Waals surface area contributed by atoms with Gasteiger partial charge in [-0.05, 0) is 31.7 Å². The normalized spacial score (nSPS) is 18.1. The highest BCUT2D eigenvalue weighted by Gasteiger charge is 2.33. The number of hydrogen-bond acceptors (Lipinski definition) is 2. The first-order valence-electron chi connectivity index (χ1n) is 7.10. The lowest BCUT2D eigenvalue weighted by atomic mass is 10.2. The minimum absolute atomic E-state index is 0.00289. The SMILES string of the molecule is O=C(CNC1CC1)N(Cc1ccc(F)cc1F)C1CC1. The van der Waals surface area contributed by atoms with Gasteiger partial charge >= 0.3 is 0 Å². The van der Waals surface area contributed by atoms with Gasteiger partial charge in [-0.2, -0.15) is 0 Å². The second-order valence-electron chi connectivity index (χ2n) is 5.64. The molecule has 0 aliphatic heterocycles. The van der Waals surface area contributed by atoms with Crippen LogP contribution >= 0.6 is 0 Å². The van der Waals surface area contributed by atoms with Gasteiger partial charge in [0.15, 0.2) is 0 Å². The quantitative estimate of drug-likeness (QED) is 0.866. The summed E-state index contributed by atoms with van der Waals surface area (Å²) < 4.78 is 26.6. The van der Waals surface area contributed by atoms with E-state index in [1.54, 1.807) is 4.90 Å². The molecule has 1 amide bonds. The first kappa shape index (κ1) is 13.5. The minimum atomic E-state index is -0.592. The number of amides is 1. The number of nitrogens with one attached hydrogen (secondary N) is 1. The highest BCUT2D eigenvalue weighted by molar-refractivity contribution is 5.79. The van der Waals surface area contributed by atoms with Gasteiger partial charge < -0.3 is 10.2 Å². The van der Waals surface area contributed by atoms with Crippen molar-refractivity contribution in [2.75, 3.05) is 6.54 Å². The molecule has 3 nitrogen and oxygen atoms in total. The smallest absolute Gasteiger partial charge is 0.237 e. The van der Waals surface area contributed by atoms with Crippen molar-refractivity contribution in [2.24, 2.45) is 0 Å². The lowest BCUT2D eigenvalue weighted by Gasteiger charge is -2.23. The van der Waals surface area contributed by atoms with Crippen molar-refractivity contribution in [1.82, 2.24) is 10.2 Å². The molecule has 2 aliphatic rings. The van der Waals surface area contributed by atoms with Crippen LogP contribution < -0.4 is 5.32 Å². The summed E-state index contributed by atoms with van der Waals surface area (Å²) in [5, 5.41) is 3.18. The molecule has 0 radical (unpaired) electrons. The third-order valence-corrected chi connectivity index (χ3v) is 3.78. The van der Waals surface area contributed by atoms with Crippen molar-refractivity contribution in [1.29, 1.82) is 0 Å². The van der Waals surface area contributed by atoms with Gasteiger partial charge in [0.1, 0.15) is 11.6 Å². The standard InChI is InChI=1S/C15H18F2N2O/c16-11-2-1-10(14(17)7-11)9-19(13-5-6-13)15(20)8-18-12-3-4-12/h1-2,7,12-13,18H,3-6,8-9H2. The number of carbonyl (C=O) groups is 1. The van der Waals surface area contributed by atoms with E-state index in [9.17, 15) is 13.6 Å². The summed E-state index contributed by atoms with van der Waals surface area (Å²) in [5.74, 6) is -1.17. The Morgan fingerprint density at radius 3 is 2.60 bits per heavy atom. The third-order valence-electron chi connectivity index (χ3n) is 3.78. The summed E-state index contributed by atoms with van der Waals surface area (Å²) in [4.78, 5) is 13.9. The summed E-state index contributed by atoms with van der Waals surface area (Å²) in [6.07, 6.45) is 4.20. The van der Waals surface area contributed by atoms with Gasteiger partial charge in [0.25, 0.3) is 0 Å². The van der Waals surface area contributed by atoms with Crippen LogP contribution in [-0.4, -0.2) is 29.4 Å². The molecule has 108 valence electrons. The van der Waals surface area contributed by atoms with Crippen LogP contribution in [-0.2, 0) is 11.3 Å². The summed E-state index contributed by atoms with van der Waals surface area (Å²) in [7, 11) is 0. The van der Waals surface area contributed by atoms with Crippen molar-refractivity contribution in [3.8, 4) is 0 Å². The molecular formula is C15H18F2N2O. The third kappa shape index (κ3) is 3.33. The summed E-state index contributed by atoms with van der Waals surface area (Å²) >= 11 is 0. The molecule has 0 spiro atoms. The second-order valence-corrected chi connectivity index (χ2v) is 5.64. The number of hydrogen-bond donors (Lipinski definition) is 1. The first-order valence-corrected chi connectivity index (χ1v) is 7.10. The molecule has 3 rings (SSSR count). The number of halogens is 2. The Morgan fingerprint density at radius 2 is 2.00 bits per heavy atom. The molecule has 0 atom stereocenters. The van der Waals surface area contributed by atoms with Crippen molar-refractivity contribution in [3.05, 3.63) is 35.4 Å². The van der Waals surface area contributed by atoms with Crippen LogP contribution in [0.4, 0.5) is 8.78 Å². The maximum atomic E-state index is 13.7. The summed E-state index contributed by atoms with van der Waals surface area (Å²) in [5.41, 5.74) is 0.373. The van der Waals surface area contributed by atoms with Gasteiger partial charge in [-0.3, -0.25) is 4.79 Å². The lowest BCUT2D eigenvalue weighted by Crippen LogP contribution is -2.40. The molecule has 2 saturated carbocycles. The molecule has 1 aromatic carbocycles. The van der Waals surface area contributed by atoms with Crippen LogP contribution in [0.2, 0.25) is 0 Å². The van der Waals surface area contributed by atoms with Crippen LogP contribution in [0.15, 0.2) is 18.2 Å². The van der Waals surface area contributed by atoms with E-state index in [1.165, 1.54) is 12.1 Å². The van der Waals surface area contributed by atoms with Gasteiger partial charge in [0.05, 0.1) is 6.54 Å². The Hall–Kier alpha value is -1.49. The molecule has 0 saturated heterocycles. The van der Waals surface area contributed by atoms with Crippen molar-refractivity contribution in [3.63, 3.8) is 0 Å². The number of nitrogens with zero attached hydrogens (tertiary/aromatic N) is 1. The van der Waals surface area contributed by atoms with Gasteiger partial charge in [0, 0.05) is 30.3 Å². The van der Waals surface area contributed by atoms with Gasteiger partial charge in [-0.1, -0.05) is 6.07 Å². The average molecular weight is 280 g/mol. The first-order chi connectivity index (χ1) is 9.63. The Morgan fingerprint density at radius 1 is 1.25 bits per heavy atom. The molecular weight excluding hydrogens is 262 g/mol. The van der Waals surface area contributed by atoms with E-state index >= 15 is 0 Å². The molecule has 2 aliphatic carbocycles. The van der Waals surface area contributed by atoms with Crippen molar-refractivity contribution >= 4 is 5.91 Å². The number of benzene rings is 1. The Balaban J connectivity index is 1.65. The van der Waals surface area contributed by atoms with Crippen molar-refractivity contribution < 1.29 is 13.6 Å². The zero-order chi connectivity index (χ0) is 14.1. The molecule has 0 aromatic heterocycles. The molecule has 2 fully saturated rings. The largest absolute Gasteiger partial charge is 0.334 e. The topological polar surface area (TPSA) is 32.3 Å². The molecule has 1 N–H and O–H groups in total. The summed E-state index contributed by atoms with van der Waals surface area (Å²) in [6, 6.07) is 4.21. The van der Waals surface area contributed by atoms with Crippen LogP contribution in [0, 0.1) is 11.6 Å². The maximum absolute atomic E-state index is 13.7. The summed E-state index contributed by atoms with van der Waals surface area (Å²) in [6.45, 7) is 0.534. The van der Waals surface area contributed by atoms with E-state index in [4.69, 9.17) is 0 Å². The Kier molecular flexibility index (Phi) is 3.70. The number of carbonyl (C=O) groups excluding carboxylic acids is 1. The highest BCUT2D eigenvalue weighted by Crippen LogP contribution is 2.29. The van der Waals surface area contributed by atoms with E-state index < -0.39 is 11.6 Å². The Labute approximate surface area is 117 Å². The Bertz CT molecular complexity index is 513. The monoisotopic (exact) mass is 280 g/mol. The molecule has 1 aromatic rings. The van der Waals surface area contributed by atoms with Gasteiger partial charge in [-0.15, -0.1) is 0 Å². The minimum Gasteiger partial charge on any atom is -0.334 e. The van der Waals surface area contributed by atoms with Gasteiger partial charge in [0.2, 0.25) is 5.91 Å². The number of rotatable bonds is 6. The fourth-order valence-corrected chi connectivity index (χ4v) is 2.26. The van der Waals surface area contributed by atoms with Crippen LogP contribution in [0.1, 0.15) is 31.2 Å². The molecule has 0 heterocycles. The molecule has 0 unspecified atom stereocenters. The zero-order valence-corrected chi connectivity index (χ0v) is 11.2. The van der Waals surface area contributed by atoms with E-state index in [0.717, 1.165) is 31.7 Å². The average Bonchev–Trinajstić information content (AvgIpc) is 3.27. The van der Waals surface area contributed by atoms with E-state index in [-0.39, 0.29) is 18.5 Å². The van der Waals surface area contributed by atoms with Crippen LogP contribution in [0.25, 0.3) is 0 Å². The fraction of sp³-hybridized carbons (Fsp3) is 0.533. The van der Waals surface area contributed by atoms with Crippen molar-refractivity contribution in [2.45, 2.75) is 44.3 Å². The van der Waals surface area contributed by atoms with E-state index in [1.807, 2.05) is 0 Å². The molecule has 5 heteroatoms. The van der Waals surface area contributed by atoms with Crippen LogP contribution in [0.3, 0.4) is 0 Å². The lowest BCUT2D eigenvalue weighted by molar-refractivity contribution is -0.131.